The van der Waals surface area contributed by atoms with Gasteiger partial charge < -0.3 is 14.9 Å². The van der Waals surface area contributed by atoms with E-state index in [0.29, 0.717) is 5.56 Å². The highest BCUT2D eigenvalue weighted by Crippen LogP contribution is 2.17. The molecule has 2 unspecified atom stereocenters. The second kappa shape index (κ2) is 5.64. The molecule has 0 saturated carbocycles. The van der Waals surface area contributed by atoms with Gasteiger partial charge in [-0.15, -0.1) is 0 Å². The fourth-order valence-corrected chi connectivity index (χ4v) is 2.82. The summed E-state index contributed by atoms with van der Waals surface area (Å²) in [7, 11) is -0.312. The van der Waals surface area contributed by atoms with E-state index in [1.165, 1.54) is 7.11 Å². The summed E-state index contributed by atoms with van der Waals surface area (Å²) in [5, 5.41) is 20.7. The maximum atomic E-state index is 11.2. The Hall–Kier alpha value is -1.17. The Morgan fingerprint density at radius 1 is 1.28 bits per heavy atom. The van der Waals surface area contributed by atoms with E-state index in [2.05, 4.69) is 24.4 Å². The third kappa shape index (κ3) is 3.41. The summed E-state index contributed by atoms with van der Waals surface area (Å²) < 4.78 is 4.41. The van der Waals surface area contributed by atoms with E-state index < -0.39 is 26.3 Å². The predicted octanol–water partition coefficient (Wildman–Crippen LogP) is 0.799. The van der Waals surface area contributed by atoms with Crippen molar-refractivity contribution in [2.45, 2.75) is 31.8 Å². The van der Waals surface area contributed by atoms with Crippen LogP contribution in [-0.2, 0) is 9.53 Å². The number of methoxy groups -OCH3 is 1. The highest BCUT2D eigenvalue weighted by Gasteiger charge is 2.27. The van der Waals surface area contributed by atoms with Crippen molar-refractivity contribution in [3.8, 4) is 0 Å². The van der Waals surface area contributed by atoms with Gasteiger partial charge in [-0.3, -0.25) is 0 Å². The molecule has 1 aromatic rings. The summed E-state index contributed by atoms with van der Waals surface area (Å²) in [4.78, 5) is 11.2. The van der Waals surface area contributed by atoms with E-state index in [-0.39, 0.29) is 0 Å². The Bertz CT molecular complexity index is 425. The zero-order chi connectivity index (χ0) is 13.9. The second-order valence-electron chi connectivity index (χ2n) is 5.29. The first-order valence-corrected chi connectivity index (χ1v) is 9.31. The molecular formula is C13H20O4Si. The van der Waals surface area contributed by atoms with Gasteiger partial charge in [0.15, 0.2) is 6.10 Å². The van der Waals surface area contributed by atoms with Crippen LogP contribution in [0.3, 0.4) is 0 Å². The van der Waals surface area contributed by atoms with Crippen molar-refractivity contribution < 1.29 is 19.7 Å². The van der Waals surface area contributed by atoms with E-state index in [1.54, 1.807) is 6.07 Å². The molecule has 1 aromatic carbocycles. The van der Waals surface area contributed by atoms with Gasteiger partial charge in [0.1, 0.15) is 6.10 Å². The number of hydrogen-bond donors (Lipinski definition) is 2. The minimum atomic E-state index is -1.55. The molecule has 0 heterocycles. The number of aliphatic hydroxyl groups is 2. The van der Waals surface area contributed by atoms with Gasteiger partial charge in [0.05, 0.1) is 15.2 Å². The van der Waals surface area contributed by atoms with Crippen molar-refractivity contribution in [3.05, 3.63) is 29.8 Å². The molecule has 4 nitrogen and oxygen atoms in total. The van der Waals surface area contributed by atoms with Crippen LogP contribution in [-0.4, -0.2) is 37.5 Å². The van der Waals surface area contributed by atoms with Crippen molar-refractivity contribution in [1.29, 1.82) is 0 Å². The maximum absolute atomic E-state index is 11.2. The first kappa shape index (κ1) is 14.9. The van der Waals surface area contributed by atoms with Crippen molar-refractivity contribution >= 4 is 19.2 Å². The maximum Gasteiger partial charge on any atom is 0.337 e. The summed E-state index contributed by atoms with van der Waals surface area (Å²) in [6.45, 7) is 6.57. The van der Waals surface area contributed by atoms with Crippen molar-refractivity contribution in [2.75, 3.05) is 7.11 Å². The summed E-state index contributed by atoms with van der Waals surface area (Å²) in [6.07, 6.45) is -2.80. The lowest BCUT2D eigenvalue weighted by molar-refractivity contribution is -0.156. The number of carbonyl (C=O) groups is 1. The van der Waals surface area contributed by atoms with Crippen LogP contribution in [0.15, 0.2) is 24.3 Å². The van der Waals surface area contributed by atoms with Gasteiger partial charge in [0, 0.05) is 0 Å². The minimum Gasteiger partial charge on any atom is -0.467 e. The summed E-state index contributed by atoms with van der Waals surface area (Å²) in [5.74, 6) is -0.832. The molecule has 0 aliphatic heterocycles. The highest BCUT2D eigenvalue weighted by molar-refractivity contribution is 6.88. The van der Waals surface area contributed by atoms with Crippen molar-refractivity contribution in [2.24, 2.45) is 0 Å². The molecule has 0 fully saturated rings. The largest absolute Gasteiger partial charge is 0.467 e. The molecule has 18 heavy (non-hydrogen) atoms. The Kier molecular flexibility index (Phi) is 4.67. The number of carbonyl (C=O) groups excluding carboxylic acids is 1. The van der Waals surface area contributed by atoms with Crippen LogP contribution in [0.1, 0.15) is 11.7 Å². The lowest BCUT2D eigenvalue weighted by Gasteiger charge is -2.20. The molecule has 0 saturated heterocycles. The molecule has 0 aliphatic carbocycles. The van der Waals surface area contributed by atoms with Gasteiger partial charge >= 0.3 is 5.97 Å². The smallest absolute Gasteiger partial charge is 0.337 e. The second-order valence-corrected chi connectivity index (χ2v) is 10.4. The van der Waals surface area contributed by atoms with Gasteiger partial charge in [0.25, 0.3) is 0 Å². The van der Waals surface area contributed by atoms with Crippen molar-refractivity contribution in [1.82, 2.24) is 0 Å². The first-order valence-electron chi connectivity index (χ1n) is 5.81. The summed E-state index contributed by atoms with van der Waals surface area (Å²) in [5.41, 5.74) is 0.535. The van der Waals surface area contributed by atoms with Crippen molar-refractivity contribution in [3.63, 3.8) is 0 Å². The quantitative estimate of drug-likeness (QED) is 0.626. The number of ether oxygens (including phenoxy) is 1. The summed E-state index contributed by atoms with van der Waals surface area (Å²) in [6, 6.07) is 7.38. The molecule has 5 heteroatoms. The molecule has 100 valence electrons. The average molecular weight is 268 g/mol. The number of benzene rings is 1. The fourth-order valence-electron chi connectivity index (χ4n) is 1.62. The zero-order valence-corrected chi connectivity index (χ0v) is 12.2. The molecular weight excluding hydrogens is 248 g/mol. The molecule has 0 radical (unpaired) electrons. The minimum absolute atomic E-state index is 0.535. The molecule has 0 bridgehead atoms. The number of rotatable bonds is 4. The normalized spacial score (nSPS) is 15.0. The monoisotopic (exact) mass is 268 g/mol. The molecule has 0 aliphatic rings. The molecule has 0 spiro atoms. The van der Waals surface area contributed by atoms with Crippen LogP contribution in [0.5, 0.6) is 0 Å². The van der Waals surface area contributed by atoms with Gasteiger partial charge in [-0.1, -0.05) is 49.1 Å². The molecule has 0 amide bonds. The third-order valence-corrected chi connectivity index (χ3v) is 4.88. The Labute approximate surface area is 108 Å². The lowest BCUT2D eigenvalue weighted by Crippen LogP contribution is -2.38. The SMILES string of the molecule is COC(=O)C(O)C(O)c1cccc([Si](C)(C)C)c1. The van der Waals surface area contributed by atoms with E-state index in [4.69, 9.17) is 0 Å². The standard InChI is InChI=1S/C13H20O4Si/c1-17-13(16)12(15)11(14)9-6-5-7-10(8-9)18(2,3)4/h5-8,11-12,14-15H,1-4H3. The van der Waals surface area contributed by atoms with Gasteiger partial charge in [-0.25, -0.2) is 4.79 Å². The highest BCUT2D eigenvalue weighted by atomic mass is 28.3. The lowest BCUT2D eigenvalue weighted by atomic mass is 10.0. The molecule has 0 aromatic heterocycles. The number of esters is 1. The third-order valence-electron chi connectivity index (χ3n) is 2.84. The Balaban J connectivity index is 3.00. The van der Waals surface area contributed by atoms with Crippen LogP contribution in [0.25, 0.3) is 0 Å². The Morgan fingerprint density at radius 3 is 2.39 bits per heavy atom. The molecule has 1 rings (SSSR count). The first-order chi connectivity index (χ1) is 8.27. The zero-order valence-electron chi connectivity index (χ0n) is 11.2. The fraction of sp³-hybridized carbons (Fsp3) is 0.462. The molecule has 2 atom stereocenters. The van der Waals surface area contributed by atoms with E-state index in [0.717, 1.165) is 5.19 Å². The van der Waals surface area contributed by atoms with E-state index in [1.807, 2.05) is 18.2 Å². The van der Waals surface area contributed by atoms with Crippen LogP contribution in [0, 0.1) is 0 Å². The van der Waals surface area contributed by atoms with E-state index in [9.17, 15) is 15.0 Å². The topological polar surface area (TPSA) is 66.8 Å². The van der Waals surface area contributed by atoms with Gasteiger partial charge in [-0.05, 0) is 5.56 Å². The average Bonchev–Trinajstić information content (AvgIpc) is 2.35. The van der Waals surface area contributed by atoms with Gasteiger partial charge in [0.2, 0.25) is 0 Å². The number of aliphatic hydroxyl groups excluding tert-OH is 2. The van der Waals surface area contributed by atoms with E-state index >= 15 is 0 Å². The molecule has 2 N–H and O–H groups in total. The van der Waals surface area contributed by atoms with Crippen LogP contribution in [0.2, 0.25) is 19.6 Å². The van der Waals surface area contributed by atoms with Crippen LogP contribution >= 0.6 is 0 Å². The number of hydrogen-bond acceptors (Lipinski definition) is 4. The van der Waals surface area contributed by atoms with Crippen LogP contribution in [0.4, 0.5) is 0 Å². The van der Waals surface area contributed by atoms with Gasteiger partial charge in [-0.2, -0.15) is 0 Å². The summed E-state index contributed by atoms with van der Waals surface area (Å²) >= 11 is 0. The Morgan fingerprint density at radius 2 is 1.89 bits per heavy atom. The van der Waals surface area contributed by atoms with Crippen LogP contribution < -0.4 is 5.19 Å². The predicted molar refractivity (Wildman–Crippen MR) is 72.4 cm³/mol.